The fourth-order valence-electron chi connectivity index (χ4n) is 3.14. The quantitative estimate of drug-likeness (QED) is 0.678. The van der Waals surface area contributed by atoms with Crippen LogP contribution in [0.1, 0.15) is 6.42 Å². The lowest BCUT2D eigenvalue weighted by atomic mass is 10.1. The number of hydrogen-bond donors (Lipinski definition) is 1. The largest absolute Gasteiger partial charge is 0.573 e. The van der Waals surface area contributed by atoms with Crippen LogP contribution in [0, 0.1) is 17.6 Å². The van der Waals surface area contributed by atoms with Crippen molar-refractivity contribution in [1.29, 1.82) is 0 Å². The van der Waals surface area contributed by atoms with Crippen LogP contribution in [0.3, 0.4) is 0 Å². The Kier molecular flexibility index (Phi) is 6.63. The second-order valence-electron chi connectivity index (χ2n) is 6.81. The van der Waals surface area contributed by atoms with Gasteiger partial charge in [-0.05, 0) is 48.7 Å². The van der Waals surface area contributed by atoms with Crippen molar-refractivity contribution in [2.75, 3.05) is 31.1 Å². The van der Waals surface area contributed by atoms with E-state index in [9.17, 15) is 26.7 Å². The van der Waals surface area contributed by atoms with Crippen molar-refractivity contribution in [3.63, 3.8) is 0 Å². The number of benzene rings is 2. The van der Waals surface area contributed by atoms with E-state index in [1.165, 1.54) is 12.1 Å². The Bertz CT molecular complexity index is 874. The molecule has 2 aromatic carbocycles. The Hall–Kier alpha value is -3.04. The number of nitrogens with one attached hydrogen (secondary N) is 1. The van der Waals surface area contributed by atoms with E-state index in [4.69, 9.17) is 4.74 Å². The highest BCUT2D eigenvalue weighted by atomic mass is 19.4. The zero-order chi connectivity index (χ0) is 21.7. The molecule has 0 aliphatic carbocycles. The fourth-order valence-corrected chi connectivity index (χ4v) is 3.14. The Labute approximate surface area is 169 Å². The SMILES string of the molecule is O=C(COc1ccc(F)cc1F)NCC1CCN(c2ccc(OC(F)(F)F)cc2)C1. The number of carbonyl (C=O) groups is 1. The first kappa shape index (κ1) is 21.7. The van der Waals surface area contributed by atoms with E-state index in [1.54, 1.807) is 12.1 Å². The number of nitrogens with zero attached hydrogens (tertiary/aromatic N) is 1. The first-order chi connectivity index (χ1) is 14.2. The fraction of sp³-hybridized carbons (Fsp3) is 0.350. The number of halogens is 5. The molecule has 1 heterocycles. The Balaban J connectivity index is 1.42. The van der Waals surface area contributed by atoms with Crippen molar-refractivity contribution >= 4 is 11.6 Å². The molecule has 1 atom stereocenters. The maximum atomic E-state index is 13.5. The van der Waals surface area contributed by atoms with Crippen LogP contribution in [-0.4, -0.2) is 38.5 Å². The molecule has 1 fully saturated rings. The highest BCUT2D eigenvalue weighted by molar-refractivity contribution is 5.77. The molecule has 10 heteroatoms. The van der Waals surface area contributed by atoms with Gasteiger partial charge in [-0.15, -0.1) is 13.2 Å². The summed E-state index contributed by atoms with van der Waals surface area (Å²) in [6.45, 7) is 1.28. The van der Waals surface area contributed by atoms with Crippen molar-refractivity contribution in [3.8, 4) is 11.5 Å². The summed E-state index contributed by atoms with van der Waals surface area (Å²) in [6, 6.07) is 8.42. The minimum absolute atomic E-state index is 0.141. The summed E-state index contributed by atoms with van der Waals surface area (Å²) in [4.78, 5) is 13.9. The monoisotopic (exact) mass is 430 g/mol. The zero-order valence-electron chi connectivity index (χ0n) is 15.7. The zero-order valence-corrected chi connectivity index (χ0v) is 15.7. The van der Waals surface area contributed by atoms with Gasteiger partial charge in [-0.25, -0.2) is 8.78 Å². The van der Waals surface area contributed by atoms with Gasteiger partial charge in [-0.1, -0.05) is 0 Å². The normalized spacial score (nSPS) is 16.4. The molecule has 1 amide bonds. The highest BCUT2D eigenvalue weighted by Crippen LogP contribution is 2.28. The molecule has 0 spiro atoms. The minimum Gasteiger partial charge on any atom is -0.481 e. The smallest absolute Gasteiger partial charge is 0.481 e. The second kappa shape index (κ2) is 9.19. The highest BCUT2D eigenvalue weighted by Gasteiger charge is 2.31. The molecule has 1 N–H and O–H groups in total. The number of ether oxygens (including phenoxy) is 2. The van der Waals surface area contributed by atoms with Gasteiger partial charge < -0.3 is 19.7 Å². The van der Waals surface area contributed by atoms with Crippen LogP contribution in [-0.2, 0) is 4.79 Å². The summed E-state index contributed by atoms with van der Waals surface area (Å²) in [6.07, 6.45) is -3.95. The van der Waals surface area contributed by atoms with Gasteiger partial charge in [0.05, 0.1) is 0 Å². The van der Waals surface area contributed by atoms with E-state index in [-0.39, 0.29) is 17.4 Å². The molecular formula is C20H19F5N2O3. The van der Waals surface area contributed by atoms with E-state index in [0.29, 0.717) is 25.7 Å². The molecular weight excluding hydrogens is 411 g/mol. The minimum atomic E-state index is -4.73. The Morgan fingerprint density at radius 2 is 1.87 bits per heavy atom. The standard InChI is InChI=1S/C20H19F5N2O3/c21-14-1-6-18(17(22)9-14)29-12-19(28)26-10-13-7-8-27(11-13)15-2-4-16(5-3-15)30-20(23,24)25/h1-6,9,13H,7-8,10-12H2,(H,26,28). The summed E-state index contributed by atoms with van der Waals surface area (Å²) >= 11 is 0. The van der Waals surface area contributed by atoms with Crippen LogP contribution in [0.4, 0.5) is 27.6 Å². The average Bonchev–Trinajstić information content (AvgIpc) is 3.14. The van der Waals surface area contributed by atoms with Crippen molar-refractivity contribution in [2.45, 2.75) is 12.8 Å². The van der Waals surface area contributed by atoms with E-state index in [2.05, 4.69) is 10.1 Å². The molecule has 0 aromatic heterocycles. The molecule has 30 heavy (non-hydrogen) atoms. The lowest BCUT2D eigenvalue weighted by Gasteiger charge is -2.19. The molecule has 1 saturated heterocycles. The van der Waals surface area contributed by atoms with Crippen LogP contribution < -0.4 is 19.7 Å². The van der Waals surface area contributed by atoms with Gasteiger partial charge in [0.25, 0.3) is 5.91 Å². The number of amides is 1. The van der Waals surface area contributed by atoms with Gasteiger partial charge in [0.15, 0.2) is 18.2 Å². The van der Waals surface area contributed by atoms with Gasteiger partial charge in [-0.3, -0.25) is 4.79 Å². The molecule has 1 aliphatic rings. The van der Waals surface area contributed by atoms with E-state index < -0.39 is 30.5 Å². The molecule has 3 rings (SSSR count). The van der Waals surface area contributed by atoms with Crippen LogP contribution in [0.2, 0.25) is 0 Å². The predicted molar refractivity (Wildman–Crippen MR) is 98.3 cm³/mol. The Morgan fingerprint density at radius 3 is 2.53 bits per heavy atom. The van der Waals surface area contributed by atoms with E-state index in [0.717, 1.165) is 24.2 Å². The summed E-state index contributed by atoms with van der Waals surface area (Å²) in [7, 11) is 0. The van der Waals surface area contributed by atoms with Crippen LogP contribution >= 0.6 is 0 Å². The summed E-state index contributed by atoms with van der Waals surface area (Å²) in [5.41, 5.74) is 0.758. The van der Waals surface area contributed by atoms with Crippen molar-refractivity contribution in [3.05, 3.63) is 54.1 Å². The van der Waals surface area contributed by atoms with Gasteiger partial charge >= 0.3 is 6.36 Å². The third-order valence-corrected chi connectivity index (χ3v) is 4.56. The molecule has 0 saturated carbocycles. The average molecular weight is 430 g/mol. The van der Waals surface area contributed by atoms with E-state index in [1.807, 2.05) is 4.90 Å². The van der Waals surface area contributed by atoms with Crippen molar-refractivity contribution in [1.82, 2.24) is 5.32 Å². The van der Waals surface area contributed by atoms with Crippen LogP contribution in [0.5, 0.6) is 11.5 Å². The third kappa shape index (κ3) is 6.23. The van der Waals surface area contributed by atoms with Gasteiger partial charge in [0.1, 0.15) is 11.6 Å². The molecule has 0 bridgehead atoms. The van der Waals surface area contributed by atoms with Gasteiger partial charge in [-0.2, -0.15) is 0 Å². The Morgan fingerprint density at radius 1 is 1.13 bits per heavy atom. The van der Waals surface area contributed by atoms with Gasteiger partial charge in [0.2, 0.25) is 0 Å². The molecule has 2 aromatic rings. The number of carbonyl (C=O) groups excluding carboxylic acids is 1. The number of hydrogen-bond acceptors (Lipinski definition) is 4. The first-order valence-corrected chi connectivity index (χ1v) is 9.15. The molecule has 1 aliphatic heterocycles. The van der Waals surface area contributed by atoms with Crippen molar-refractivity contribution in [2.24, 2.45) is 5.92 Å². The topological polar surface area (TPSA) is 50.8 Å². The third-order valence-electron chi connectivity index (χ3n) is 4.56. The first-order valence-electron chi connectivity index (χ1n) is 9.15. The summed E-state index contributed by atoms with van der Waals surface area (Å²) < 4.78 is 71.9. The maximum absolute atomic E-state index is 13.5. The molecule has 0 radical (unpaired) electrons. The summed E-state index contributed by atoms with van der Waals surface area (Å²) in [5, 5.41) is 2.70. The van der Waals surface area contributed by atoms with Crippen molar-refractivity contribution < 1.29 is 36.2 Å². The van der Waals surface area contributed by atoms with Crippen LogP contribution in [0.15, 0.2) is 42.5 Å². The predicted octanol–water partition coefficient (Wildman–Crippen LogP) is 3.88. The van der Waals surface area contributed by atoms with Gasteiger partial charge in [0, 0.05) is 31.4 Å². The number of alkyl halides is 3. The lowest BCUT2D eigenvalue weighted by molar-refractivity contribution is -0.274. The molecule has 162 valence electrons. The number of anilines is 1. The number of rotatable bonds is 7. The molecule has 1 unspecified atom stereocenters. The second-order valence-corrected chi connectivity index (χ2v) is 6.81. The molecule has 5 nitrogen and oxygen atoms in total. The summed E-state index contributed by atoms with van der Waals surface area (Å²) in [5.74, 6) is -2.42. The van der Waals surface area contributed by atoms with Crippen LogP contribution in [0.25, 0.3) is 0 Å². The maximum Gasteiger partial charge on any atom is 0.573 e. The van der Waals surface area contributed by atoms with E-state index >= 15 is 0 Å². The lowest BCUT2D eigenvalue weighted by Crippen LogP contribution is -2.34.